The van der Waals surface area contributed by atoms with Gasteiger partial charge < -0.3 is 5.11 Å². The summed E-state index contributed by atoms with van der Waals surface area (Å²) in [6, 6.07) is 1.39. The third-order valence-electron chi connectivity index (χ3n) is 2.18. The van der Waals surface area contributed by atoms with Crippen molar-refractivity contribution in [2.24, 2.45) is 0 Å². The standard InChI is InChI=1S/C12H11N3O3S2/c1-9-8-19-12(14-9)15-20(17,18)11-5-10(3-2-4-16)6-13-7-11/h5-8,16H,4H2,1H3,(H,14,15). The first-order valence-corrected chi connectivity index (χ1v) is 7.87. The molecule has 0 aliphatic heterocycles. The van der Waals surface area contributed by atoms with Gasteiger partial charge in [0, 0.05) is 23.3 Å². The predicted octanol–water partition coefficient (Wildman–Crippen LogP) is 0.991. The average Bonchev–Trinajstić information content (AvgIpc) is 2.81. The zero-order chi connectivity index (χ0) is 14.6. The van der Waals surface area contributed by atoms with Crippen molar-refractivity contribution in [1.82, 2.24) is 9.97 Å². The van der Waals surface area contributed by atoms with Crippen molar-refractivity contribution in [1.29, 1.82) is 0 Å². The minimum Gasteiger partial charge on any atom is -0.384 e. The molecule has 0 radical (unpaired) electrons. The van der Waals surface area contributed by atoms with Gasteiger partial charge in [0.05, 0.1) is 5.69 Å². The maximum atomic E-state index is 12.2. The van der Waals surface area contributed by atoms with Gasteiger partial charge in [-0.05, 0) is 13.0 Å². The molecule has 2 aromatic rings. The number of nitrogens with one attached hydrogen (secondary N) is 1. The van der Waals surface area contributed by atoms with Crippen molar-refractivity contribution < 1.29 is 13.5 Å². The molecule has 20 heavy (non-hydrogen) atoms. The lowest BCUT2D eigenvalue weighted by Crippen LogP contribution is -2.13. The van der Waals surface area contributed by atoms with Crippen LogP contribution in [0.1, 0.15) is 11.3 Å². The summed E-state index contributed by atoms with van der Waals surface area (Å²) < 4.78 is 26.7. The molecule has 0 unspecified atom stereocenters. The number of aryl methyl sites for hydroxylation is 1. The molecule has 0 saturated carbocycles. The second kappa shape index (κ2) is 6.00. The number of aromatic nitrogens is 2. The fraction of sp³-hybridized carbons (Fsp3) is 0.167. The van der Waals surface area contributed by atoms with Crippen LogP contribution in [0.3, 0.4) is 0 Å². The van der Waals surface area contributed by atoms with Crippen molar-refractivity contribution in [3.05, 3.63) is 35.1 Å². The van der Waals surface area contributed by atoms with E-state index in [4.69, 9.17) is 5.11 Å². The van der Waals surface area contributed by atoms with Crippen LogP contribution in [0.4, 0.5) is 5.13 Å². The van der Waals surface area contributed by atoms with E-state index in [2.05, 4.69) is 26.5 Å². The van der Waals surface area contributed by atoms with E-state index in [-0.39, 0.29) is 11.5 Å². The molecule has 2 aromatic heterocycles. The molecule has 0 atom stereocenters. The van der Waals surface area contributed by atoms with E-state index in [1.807, 2.05) is 0 Å². The van der Waals surface area contributed by atoms with Gasteiger partial charge in [0.15, 0.2) is 5.13 Å². The van der Waals surface area contributed by atoms with Gasteiger partial charge in [-0.3, -0.25) is 9.71 Å². The molecule has 0 saturated heterocycles. The van der Waals surface area contributed by atoms with Crippen LogP contribution >= 0.6 is 11.3 Å². The first kappa shape index (κ1) is 14.5. The number of pyridine rings is 1. The first-order valence-electron chi connectivity index (χ1n) is 5.51. The zero-order valence-corrected chi connectivity index (χ0v) is 12.1. The monoisotopic (exact) mass is 309 g/mol. The second-order valence-electron chi connectivity index (χ2n) is 3.77. The number of anilines is 1. The summed E-state index contributed by atoms with van der Waals surface area (Å²) in [6.07, 6.45) is 2.65. The van der Waals surface area contributed by atoms with Crippen LogP contribution < -0.4 is 4.72 Å². The van der Waals surface area contributed by atoms with Crippen molar-refractivity contribution in [3.63, 3.8) is 0 Å². The highest BCUT2D eigenvalue weighted by Gasteiger charge is 2.16. The normalized spacial score (nSPS) is 10.7. The molecular formula is C12H11N3O3S2. The van der Waals surface area contributed by atoms with Crippen molar-refractivity contribution in [2.45, 2.75) is 11.8 Å². The maximum Gasteiger partial charge on any atom is 0.265 e. The van der Waals surface area contributed by atoms with Crippen molar-refractivity contribution in [2.75, 3.05) is 11.3 Å². The van der Waals surface area contributed by atoms with Crippen LogP contribution in [-0.2, 0) is 10.0 Å². The summed E-state index contributed by atoms with van der Waals surface area (Å²) in [6.45, 7) is 1.48. The molecule has 0 bridgehead atoms. The quantitative estimate of drug-likeness (QED) is 0.825. The molecule has 104 valence electrons. The van der Waals surface area contributed by atoms with Crippen LogP contribution in [0.25, 0.3) is 0 Å². The van der Waals surface area contributed by atoms with E-state index in [1.54, 1.807) is 12.3 Å². The van der Waals surface area contributed by atoms with Gasteiger partial charge in [0.2, 0.25) is 0 Å². The lowest BCUT2D eigenvalue weighted by atomic mass is 10.3. The highest BCUT2D eigenvalue weighted by Crippen LogP contribution is 2.19. The van der Waals surface area contributed by atoms with Crippen LogP contribution in [0.2, 0.25) is 0 Å². The Bertz CT molecular complexity index is 772. The Balaban J connectivity index is 2.29. The Labute approximate surface area is 120 Å². The summed E-state index contributed by atoms with van der Waals surface area (Å²) in [4.78, 5) is 7.87. The predicted molar refractivity (Wildman–Crippen MR) is 75.9 cm³/mol. The van der Waals surface area contributed by atoms with E-state index in [1.165, 1.54) is 29.8 Å². The number of hydrogen-bond acceptors (Lipinski definition) is 6. The summed E-state index contributed by atoms with van der Waals surface area (Å²) in [5, 5.41) is 10.7. The molecule has 0 aromatic carbocycles. The Kier molecular flexibility index (Phi) is 4.34. The minimum atomic E-state index is -3.74. The van der Waals surface area contributed by atoms with Crippen LogP contribution in [0, 0.1) is 18.8 Å². The van der Waals surface area contributed by atoms with Gasteiger partial charge in [-0.15, -0.1) is 11.3 Å². The first-order chi connectivity index (χ1) is 9.51. The van der Waals surface area contributed by atoms with Gasteiger partial charge >= 0.3 is 0 Å². The molecule has 2 heterocycles. The van der Waals surface area contributed by atoms with Crippen molar-refractivity contribution >= 4 is 26.5 Å². The number of aliphatic hydroxyl groups excluding tert-OH is 1. The van der Waals surface area contributed by atoms with Crippen LogP contribution in [0.15, 0.2) is 28.7 Å². The topological polar surface area (TPSA) is 92.2 Å². The number of sulfonamides is 1. The third kappa shape index (κ3) is 3.54. The highest BCUT2D eigenvalue weighted by molar-refractivity contribution is 7.93. The molecule has 8 heteroatoms. The number of hydrogen-bond donors (Lipinski definition) is 2. The molecule has 0 spiro atoms. The van der Waals surface area contributed by atoms with E-state index in [0.29, 0.717) is 10.7 Å². The van der Waals surface area contributed by atoms with E-state index in [9.17, 15) is 8.42 Å². The minimum absolute atomic E-state index is 0.00454. The van der Waals surface area contributed by atoms with Crippen molar-refractivity contribution in [3.8, 4) is 11.8 Å². The molecule has 2 N–H and O–H groups in total. The summed E-state index contributed by atoms with van der Waals surface area (Å²) in [7, 11) is -3.74. The summed E-state index contributed by atoms with van der Waals surface area (Å²) in [5.74, 6) is 5.04. The Morgan fingerprint density at radius 3 is 2.90 bits per heavy atom. The van der Waals surface area contributed by atoms with E-state index in [0.717, 1.165) is 5.69 Å². The number of nitrogens with zero attached hydrogens (tertiary/aromatic N) is 2. The third-order valence-corrected chi connectivity index (χ3v) is 4.49. The number of rotatable bonds is 3. The van der Waals surface area contributed by atoms with E-state index < -0.39 is 10.0 Å². The molecule has 6 nitrogen and oxygen atoms in total. The lowest BCUT2D eigenvalue weighted by molar-refractivity contribution is 0.350. The number of aliphatic hydroxyl groups is 1. The SMILES string of the molecule is Cc1csc(NS(=O)(=O)c2cncc(C#CCO)c2)n1. The zero-order valence-electron chi connectivity index (χ0n) is 10.5. The molecule has 0 aliphatic carbocycles. The second-order valence-corrected chi connectivity index (χ2v) is 6.31. The average molecular weight is 309 g/mol. The fourth-order valence-corrected chi connectivity index (χ4v) is 3.28. The summed E-state index contributed by atoms with van der Waals surface area (Å²) >= 11 is 1.21. The van der Waals surface area contributed by atoms with Gasteiger partial charge in [-0.2, -0.15) is 0 Å². The lowest BCUT2D eigenvalue weighted by Gasteiger charge is -2.04. The molecular weight excluding hydrogens is 298 g/mol. The van der Waals surface area contributed by atoms with Gasteiger partial charge in [-0.25, -0.2) is 13.4 Å². The largest absolute Gasteiger partial charge is 0.384 e. The van der Waals surface area contributed by atoms with Gasteiger partial charge in [-0.1, -0.05) is 11.8 Å². The summed E-state index contributed by atoms with van der Waals surface area (Å²) in [5.41, 5.74) is 1.16. The molecule has 0 fully saturated rings. The van der Waals surface area contributed by atoms with Crippen LogP contribution in [-0.4, -0.2) is 30.1 Å². The van der Waals surface area contributed by atoms with E-state index >= 15 is 0 Å². The number of thiazole rings is 1. The van der Waals surface area contributed by atoms with Gasteiger partial charge in [0.1, 0.15) is 11.5 Å². The Hall–Kier alpha value is -1.95. The highest BCUT2D eigenvalue weighted by atomic mass is 32.2. The Morgan fingerprint density at radius 2 is 2.25 bits per heavy atom. The maximum absolute atomic E-state index is 12.2. The Morgan fingerprint density at radius 1 is 1.45 bits per heavy atom. The van der Waals surface area contributed by atoms with Crippen LogP contribution in [0.5, 0.6) is 0 Å². The molecule has 0 aliphatic rings. The molecule has 0 amide bonds. The smallest absolute Gasteiger partial charge is 0.265 e. The fourth-order valence-electron chi connectivity index (χ4n) is 1.35. The van der Waals surface area contributed by atoms with Gasteiger partial charge in [0.25, 0.3) is 10.0 Å². The molecule has 2 rings (SSSR count).